The fourth-order valence-electron chi connectivity index (χ4n) is 3.05. The second-order valence-electron chi connectivity index (χ2n) is 7.06. The maximum absolute atomic E-state index is 13.3. The van der Waals surface area contributed by atoms with E-state index in [4.69, 9.17) is 21.1 Å². The Balaban J connectivity index is 1.81. The average Bonchev–Trinajstić information content (AvgIpc) is 2.78. The minimum Gasteiger partial charge on any atom is -0.495 e. The number of hydrogen-bond donors (Lipinski definition) is 0. The number of nitrogens with zero attached hydrogens (tertiary/aromatic N) is 1. The smallest absolute Gasteiger partial charge is 0.270 e. The van der Waals surface area contributed by atoms with Gasteiger partial charge in [0, 0.05) is 6.42 Å². The molecule has 0 aliphatic rings. The van der Waals surface area contributed by atoms with Gasteiger partial charge in [0.1, 0.15) is 11.5 Å². The lowest BCUT2D eigenvalue weighted by atomic mass is 10.2. The minimum absolute atomic E-state index is 0.0104. The van der Waals surface area contributed by atoms with Gasteiger partial charge in [-0.05, 0) is 55.8 Å². The van der Waals surface area contributed by atoms with Gasteiger partial charge in [0.15, 0.2) is 0 Å². The van der Waals surface area contributed by atoms with Crippen molar-refractivity contribution in [1.29, 1.82) is 0 Å². The molecule has 3 rings (SSSR count). The van der Waals surface area contributed by atoms with Crippen LogP contribution in [0.25, 0.3) is 0 Å². The van der Waals surface area contributed by atoms with Crippen LogP contribution in [0.4, 0.5) is 5.69 Å². The van der Waals surface area contributed by atoms with E-state index in [1.165, 1.54) is 37.4 Å². The van der Waals surface area contributed by atoms with Gasteiger partial charge in [0.05, 0.1) is 29.3 Å². The second kappa shape index (κ2) is 10.5. The Morgan fingerprint density at radius 1 is 1.00 bits per heavy atom. The van der Waals surface area contributed by atoms with E-state index in [1.807, 2.05) is 31.2 Å². The van der Waals surface area contributed by atoms with E-state index in [1.54, 1.807) is 18.2 Å². The minimum atomic E-state index is -4.14. The van der Waals surface area contributed by atoms with Gasteiger partial charge in [-0.25, -0.2) is 12.7 Å². The lowest BCUT2D eigenvalue weighted by molar-refractivity contribution is -0.117. The normalized spacial score (nSPS) is 11.1. The summed E-state index contributed by atoms with van der Waals surface area (Å²) in [7, 11) is -2.68. The summed E-state index contributed by atoms with van der Waals surface area (Å²) in [4.78, 5) is 13.1. The van der Waals surface area contributed by atoms with Gasteiger partial charge in [0.25, 0.3) is 10.0 Å². The first-order chi connectivity index (χ1) is 15.3. The topological polar surface area (TPSA) is 72.9 Å². The first-order valence-electron chi connectivity index (χ1n) is 9.99. The number of rotatable bonds is 9. The summed E-state index contributed by atoms with van der Waals surface area (Å²) in [5.41, 5.74) is 1.26. The Morgan fingerprint density at radius 2 is 1.69 bits per heavy atom. The van der Waals surface area contributed by atoms with Gasteiger partial charge < -0.3 is 9.47 Å². The maximum Gasteiger partial charge on any atom is 0.270 e. The van der Waals surface area contributed by atoms with Crippen LogP contribution in [0.15, 0.2) is 77.7 Å². The van der Waals surface area contributed by atoms with Crippen molar-refractivity contribution >= 4 is 33.2 Å². The highest BCUT2D eigenvalue weighted by Crippen LogP contribution is 2.32. The molecule has 6 nitrogen and oxygen atoms in total. The Kier molecular flexibility index (Phi) is 7.77. The fourth-order valence-corrected chi connectivity index (χ4v) is 4.76. The highest BCUT2D eigenvalue weighted by Gasteiger charge is 2.31. The van der Waals surface area contributed by atoms with Crippen molar-refractivity contribution < 1.29 is 22.7 Å². The van der Waals surface area contributed by atoms with Gasteiger partial charge in [-0.2, -0.15) is 0 Å². The van der Waals surface area contributed by atoms with Crippen molar-refractivity contribution in [3.63, 3.8) is 0 Å². The lowest BCUT2D eigenvalue weighted by Crippen LogP contribution is -2.37. The van der Waals surface area contributed by atoms with Crippen LogP contribution in [0.2, 0.25) is 5.02 Å². The average molecular weight is 474 g/mol. The molecule has 0 heterocycles. The predicted octanol–water partition coefficient (Wildman–Crippen LogP) is 5.24. The number of aryl methyl sites for hydroxylation is 1. The van der Waals surface area contributed by atoms with Crippen molar-refractivity contribution in [1.82, 2.24) is 0 Å². The molecule has 168 valence electrons. The third-order valence-electron chi connectivity index (χ3n) is 4.70. The molecule has 0 saturated carbocycles. The summed E-state index contributed by atoms with van der Waals surface area (Å²) in [6.07, 6.45) is 0.318. The molecule has 3 aromatic carbocycles. The molecule has 0 unspecified atom stereocenters. The van der Waals surface area contributed by atoms with Crippen molar-refractivity contribution in [2.45, 2.75) is 24.7 Å². The van der Waals surface area contributed by atoms with Crippen molar-refractivity contribution in [3.05, 3.63) is 83.4 Å². The van der Waals surface area contributed by atoms with Gasteiger partial charge in [-0.3, -0.25) is 4.79 Å². The number of amides is 1. The molecule has 0 saturated heterocycles. The predicted molar refractivity (Wildman–Crippen MR) is 125 cm³/mol. The number of ether oxygens (including phenoxy) is 2. The number of methoxy groups -OCH3 is 1. The molecule has 0 radical (unpaired) electrons. The molecular weight excluding hydrogens is 450 g/mol. The Morgan fingerprint density at radius 3 is 2.31 bits per heavy atom. The number of carbonyl (C=O) groups excluding carboxylic acids is 1. The second-order valence-corrected chi connectivity index (χ2v) is 9.25. The molecule has 0 N–H and O–H groups in total. The van der Waals surface area contributed by atoms with E-state index < -0.39 is 15.9 Å². The van der Waals surface area contributed by atoms with Crippen LogP contribution in [0.5, 0.6) is 11.5 Å². The zero-order chi connectivity index (χ0) is 23.1. The lowest BCUT2D eigenvalue weighted by Gasteiger charge is -2.23. The maximum atomic E-state index is 13.3. The number of anilines is 1. The van der Waals surface area contributed by atoms with E-state index in [9.17, 15) is 13.2 Å². The molecule has 0 aliphatic carbocycles. The number of carbonyl (C=O) groups is 1. The van der Waals surface area contributed by atoms with Crippen LogP contribution < -0.4 is 13.8 Å². The third kappa shape index (κ3) is 5.60. The molecule has 0 spiro atoms. The monoisotopic (exact) mass is 473 g/mol. The molecule has 0 bridgehead atoms. The summed E-state index contributed by atoms with van der Waals surface area (Å²) in [5.74, 6) is 0.493. The highest BCUT2D eigenvalue weighted by molar-refractivity contribution is 7.93. The first kappa shape index (κ1) is 23.6. The van der Waals surface area contributed by atoms with Crippen molar-refractivity contribution in [3.8, 4) is 11.5 Å². The zero-order valence-electron chi connectivity index (χ0n) is 17.8. The van der Waals surface area contributed by atoms with Gasteiger partial charge in [-0.15, -0.1) is 0 Å². The van der Waals surface area contributed by atoms with Gasteiger partial charge in [0.2, 0.25) is 5.91 Å². The number of benzene rings is 3. The van der Waals surface area contributed by atoms with Crippen LogP contribution in [-0.2, 0) is 14.8 Å². The van der Waals surface area contributed by atoms with E-state index in [0.29, 0.717) is 17.9 Å². The van der Waals surface area contributed by atoms with E-state index in [-0.39, 0.29) is 28.6 Å². The summed E-state index contributed by atoms with van der Waals surface area (Å²) in [5, 5.41) is 0.203. The number of halogens is 1. The quantitative estimate of drug-likeness (QED) is 0.397. The number of hydrogen-bond acceptors (Lipinski definition) is 5. The molecule has 8 heteroatoms. The molecule has 3 aromatic rings. The van der Waals surface area contributed by atoms with E-state index in [0.717, 1.165) is 9.87 Å². The third-order valence-corrected chi connectivity index (χ3v) is 6.76. The fraction of sp³-hybridized carbons (Fsp3) is 0.208. The SMILES string of the molecule is COc1ccc(N(C(=O)CCCOc2ccc(C)cc2)S(=O)(=O)c2ccccc2)cc1Cl. The van der Waals surface area contributed by atoms with Crippen LogP contribution in [0, 0.1) is 6.92 Å². The molecular formula is C24H24ClNO5S. The van der Waals surface area contributed by atoms with Gasteiger partial charge >= 0.3 is 0 Å². The largest absolute Gasteiger partial charge is 0.495 e. The molecule has 0 aromatic heterocycles. The van der Waals surface area contributed by atoms with Crippen molar-refractivity contribution in [2.75, 3.05) is 18.0 Å². The standard InChI is InChI=1S/C24H24ClNO5S/c1-18-10-13-20(14-11-18)31-16-6-9-24(27)26(19-12-15-23(30-2)22(25)17-19)32(28,29)21-7-4-3-5-8-21/h3-5,7-8,10-15,17H,6,9,16H2,1-2H3. The van der Waals surface area contributed by atoms with E-state index in [2.05, 4.69) is 0 Å². The Hall–Kier alpha value is -3.03. The van der Waals surface area contributed by atoms with Gasteiger partial charge in [-0.1, -0.05) is 47.5 Å². The van der Waals surface area contributed by atoms with Crippen molar-refractivity contribution in [2.24, 2.45) is 0 Å². The Bertz CT molecular complexity index is 1160. The summed E-state index contributed by atoms with van der Waals surface area (Å²) in [6.45, 7) is 2.26. The first-order valence-corrected chi connectivity index (χ1v) is 11.8. The van der Waals surface area contributed by atoms with Crippen LogP contribution in [-0.4, -0.2) is 28.0 Å². The summed E-state index contributed by atoms with van der Waals surface area (Å²) in [6, 6.07) is 19.8. The zero-order valence-corrected chi connectivity index (χ0v) is 19.4. The molecule has 0 atom stereocenters. The molecule has 0 fully saturated rings. The summed E-state index contributed by atoms with van der Waals surface area (Å²) >= 11 is 6.20. The Labute approximate surface area is 193 Å². The molecule has 32 heavy (non-hydrogen) atoms. The highest BCUT2D eigenvalue weighted by atomic mass is 35.5. The molecule has 1 amide bonds. The van der Waals surface area contributed by atoms with E-state index >= 15 is 0 Å². The molecule has 0 aliphatic heterocycles. The van der Waals surface area contributed by atoms with Crippen LogP contribution >= 0.6 is 11.6 Å². The summed E-state index contributed by atoms with van der Waals surface area (Å²) < 4.78 is 38.2. The van der Waals surface area contributed by atoms with Crippen LogP contribution in [0.3, 0.4) is 0 Å². The van der Waals surface area contributed by atoms with Crippen LogP contribution in [0.1, 0.15) is 18.4 Å². The number of sulfonamides is 1.